The van der Waals surface area contributed by atoms with Crippen LogP contribution in [0.4, 0.5) is 5.69 Å². The Balaban J connectivity index is 1.84. The van der Waals surface area contributed by atoms with E-state index < -0.39 is 5.97 Å². The Labute approximate surface area is 111 Å². The first-order chi connectivity index (χ1) is 9.13. The van der Waals surface area contributed by atoms with Crippen LogP contribution in [0, 0.1) is 0 Å². The highest BCUT2D eigenvalue weighted by atomic mass is 16.5. The number of anilines is 1. The summed E-state index contributed by atoms with van der Waals surface area (Å²) in [6.07, 6.45) is 2.35. The maximum Gasteiger partial charge on any atom is 0.307 e. The smallest absolute Gasteiger partial charge is 0.307 e. The van der Waals surface area contributed by atoms with Crippen LogP contribution in [-0.4, -0.2) is 29.7 Å². The number of aliphatic carboxylic acids is 1. The second kappa shape index (κ2) is 6.33. The van der Waals surface area contributed by atoms with Crippen LogP contribution in [0.3, 0.4) is 0 Å². The summed E-state index contributed by atoms with van der Waals surface area (Å²) in [6, 6.07) is 6.84. The highest BCUT2D eigenvalue weighted by Crippen LogP contribution is 2.17. The zero-order chi connectivity index (χ0) is 13.7. The van der Waals surface area contributed by atoms with Gasteiger partial charge in [-0.15, -0.1) is 0 Å². The van der Waals surface area contributed by atoms with Crippen molar-refractivity contribution in [2.24, 2.45) is 0 Å². The molecule has 0 bridgehead atoms. The molecule has 2 rings (SSSR count). The van der Waals surface area contributed by atoms with Gasteiger partial charge in [0.2, 0.25) is 5.91 Å². The van der Waals surface area contributed by atoms with Crippen LogP contribution in [0.2, 0.25) is 0 Å². The van der Waals surface area contributed by atoms with Crippen LogP contribution in [0.15, 0.2) is 24.3 Å². The van der Waals surface area contributed by atoms with E-state index in [0.29, 0.717) is 17.7 Å². The number of carbonyl (C=O) groups excluding carboxylic acids is 1. The summed E-state index contributed by atoms with van der Waals surface area (Å²) in [5, 5.41) is 11.4. The fourth-order valence-electron chi connectivity index (χ4n) is 2.10. The van der Waals surface area contributed by atoms with Gasteiger partial charge in [0, 0.05) is 12.3 Å². The molecule has 5 nitrogen and oxygen atoms in total. The third-order valence-electron chi connectivity index (χ3n) is 3.03. The van der Waals surface area contributed by atoms with E-state index in [-0.39, 0.29) is 18.4 Å². The molecule has 1 aliphatic heterocycles. The molecule has 1 amide bonds. The number of hydrogen-bond donors (Lipinski definition) is 2. The molecule has 0 aliphatic carbocycles. The highest BCUT2D eigenvalue weighted by Gasteiger charge is 2.18. The molecule has 0 saturated carbocycles. The van der Waals surface area contributed by atoms with Gasteiger partial charge in [0.1, 0.15) is 0 Å². The van der Waals surface area contributed by atoms with Crippen molar-refractivity contribution < 1.29 is 19.4 Å². The molecule has 0 spiro atoms. The van der Waals surface area contributed by atoms with Crippen LogP contribution >= 0.6 is 0 Å². The fourth-order valence-corrected chi connectivity index (χ4v) is 2.10. The zero-order valence-electron chi connectivity index (χ0n) is 10.6. The Morgan fingerprint density at radius 2 is 2.05 bits per heavy atom. The summed E-state index contributed by atoms with van der Waals surface area (Å²) < 4.78 is 5.40. The molecule has 2 N–H and O–H groups in total. The predicted molar refractivity (Wildman–Crippen MR) is 70.0 cm³/mol. The minimum Gasteiger partial charge on any atom is -0.481 e. The number of amides is 1. The van der Waals surface area contributed by atoms with E-state index in [1.165, 1.54) is 0 Å². The molecule has 1 atom stereocenters. The first kappa shape index (κ1) is 13.5. The van der Waals surface area contributed by atoms with E-state index in [4.69, 9.17) is 9.84 Å². The van der Waals surface area contributed by atoms with Crippen molar-refractivity contribution in [3.63, 3.8) is 0 Å². The molecule has 1 aliphatic rings. The predicted octanol–water partition coefficient (Wildman–Crippen LogP) is 1.82. The van der Waals surface area contributed by atoms with Crippen molar-refractivity contribution in [3.05, 3.63) is 29.8 Å². The van der Waals surface area contributed by atoms with E-state index in [2.05, 4.69) is 5.32 Å². The van der Waals surface area contributed by atoms with Crippen LogP contribution in [0.5, 0.6) is 0 Å². The molecule has 1 aromatic rings. The van der Waals surface area contributed by atoms with Gasteiger partial charge < -0.3 is 15.2 Å². The van der Waals surface area contributed by atoms with Crippen molar-refractivity contribution in [1.29, 1.82) is 0 Å². The third-order valence-corrected chi connectivity index (χ3v) is 3.03. The van der Waals surface area contributed by atoms with Gasteiger partial charge in [-0.2, -0.15) is 0 Å². The molecule has 19 heavy (non-hydrogen) atoms. The Bertz CT molecular complexity index is 449. The second-order valence-electron chi connectivity index (χ2n) is 4.65. The van der Waals surface area contributed by atoms with Crippen molar-refractivity contribution >= 4 is 17.6 Å². The first-order valence-electron chi connectivity index (χ1n) is 6.35. The molecule has 1 fully saturated rings. The molecule has 1 unspecified atom stereocenters. The summed E-state index contributed by atoms with van der Waals surface area (Å²) in [6.45, 7) is 0.738. The fraction of sp³-hybridized carbons (Fsp3) is 0.429. The van der Waals surface area contributed by atoms with E-state index in [9.17, 15) is 9.59 Å². The minimum atomic E-state index is -0.866. The average molecular weight is 263 g/mol. The van der Waals surface area contributed by atoms with Gasteiger partial charge in [-0.3, -0.25) is 9.59 Å². The summed E-state index contributed by atoms with van der Waals surface area (Å²) in [7, 11) is 0. The number of carbonyl (C=O) groups is 2. The maximum absolute atomic E-state index is 11.7. The molecule has 1 saturated heterocycles. The molecule has 5 heteroatoms. The monoisotopic (exact) mass is 263 g/mol. The Kier molecular flexibility index (Phi) is 4.52. The minimum absolute atomic E-state index is 0.00978. The van der Waals surface area contributed by atoms with Gasteiger partial charge in [-0.1, -0.05) is 12.1 Å². The van der Waals surface area contributed by atoms with Crippen molar-refractivity contribution in [1.82, 2.24) is 0 Å². The van der Waals surface area contributed by atoms with Gasteiger partial charge in [-0.05, 0) is 30.5 Å². The van der Waals surface area contributed by atoms with E-state index in [1.54, 1.807) is 24.3 Å². The Morgan fingerprint density at radius 3 is 2.63 bits per heavy atom. The van der Waals surface area contributed by atoms with E-state index in [1.807, 2.05) is 0 Å². The quantitative estimate of drug-likeness (QED) is 0.849. The number of hydrogen-bond acceptors (Lipinski definition) is 3. The molecular formula is C14H17NO4. The number of ether oxygens (including phenoxy) is 1. The summed E-state index contributed by atoms with van der Waals surface area (Å²) in [5.41, 5.74) is 1.39. The number of rotatable bonds is 5. The van der Waals surface area contributed by atoms with Crippen molar-refractivity contribution in [2.75, 3.05) is 11.9 Å². The molecule has 102 valence electrons. The molecule has 0 aromatic heterocycles. The molecule has 1 heterocycles. The van der Waals surface area contributed by atoms with Gasteiger partial charge in [-0.25, -0.2) is 0 Å². The number of nitrogens with one attached hydrogen (secondary N) is 1. The standard InChI is InChI=1S/C14H17NO4/c16-13(9-12-2-1-7-19-12)15-11-5-3-10(4-6-11)8-14(17)18/h3-6,12H,1-2,7-9H2,(H,15,16)(H,17,18). The first-order valence-corrected chi connectivity index (χ1v) is 6.35. The molecule has 0 radical (unpaired) electrons. The van der Waals surface area contributed by atoms with Gasteiger partial charge in [0.25, 0.3) is 0 Å². The second-order valence-corrected chi connectivity index (χ2v) is 4.65. The topological polar surface area (TPSA) is 75.6 Å². The van der Waals surface area contributed by atoms with Gasteiger partial charge in [0.05, 0.1) is 18.9 Å². The third kappa shape index (κ3) is 4.37. The van der Waals surface area contributed by atoms with E-state index in [0.717, 1.165) is 19.4 Å². The lowest BCUT2D eigenvalue weighted by atomic mass is 10.1. The SMILES string of the molecule is O=C(O)Cc1ccc(NC(=O)CC2CCCO2)cc1. The Hall–Kier alpha value is -1.88. The van der Waals surface area contributed by atoms with Crippen LogP contribution in [0.25, 0.3) is 0 Å². The normalized spacial score (nSPS) is 18.2. The van der Waals surface area contributed by atoms with E-state index >= 15 is 0 Å². The average Bonchev–Trinajstić information content (AvgIpc) is 2.83. The zero-order valence-corrected chi connectivity index (χ0v) is 10.6. The van der Waals surface area contributed by atoms with Crippen LogP contribution in [0.1, 0.15) is 24.8 Å². The summed E-state index contributed by atoms with van der Waals surface area (Å²) in [4.78, 5) is 22.3. The number of carboxylic acid groups (broad SMARTS) is 1. The number of carboxylic acids is 1. The molecule has 1 aromatic carbocycles. The van der Waals surface area contributed by atoms with Crippen molar-refractivity contribution in [3.8, 4) is 0 Å². The number of benzene rings is 1. The van der Waals surface area contributed by atoms with Crippen LogP contribution in [-0.2, 0) is 20.7 Å². The maximum atomic E-state index is 11.7. The summed E-state index contributed by atoms with van der Waals surface area (Å²) >= 11 is 0. The van der Waals surface area contributed by atoms with Gasteiger partial charge >= 0.3 is 5.97 Å². The van der Waals surface area contributed by atoms with Crippen molar-refractivity contribution in [2.45, 2.75) is 31.8 Å². The largest absolute Gasteiger partial charge is 0.481 e. The van der Waals surface area contributed by atoms with Crippen LogP contribution < -0.4 is 5.32 Å². The summed E-state index contributed by atoms with van der Waals surface area (Å²) in [5.74, 6) is -0.937. The lowest BCUT2D eigenvalue weighted by molar-refractivity contribution is -0.136. The lowest BCUT2D eigenvalue weighted by Crippen LogP contribution is -2.19. The molecular weight excluding hydrogens is 246 g/mol. The highest BCUT2D eigenvalue weighted by molar-refractivity contribution is 5.91. The van der Waals surface area contributed by atoms with Gasteiger partial charge in [0.15, 0.2) is 0 Å². The lowest BCUT2D eigenvalue weighted by Gasteiger charge is -2.10. The Morgan fingerprint density at radius 1 is 1.32 bits per heavy atom.